The predicted molar refractivity (Wildman–Crippen MR) is 106 cm³/mol. The Morgan fingerprint density at radius 1 is 1.08 bits per heavy atom. The first-order valence-electron chi connectivity index (χ1n) is 8.83. The van der Waals surface area contributed by atoms with Crippen LogP contribution in [0.3, 0.4) is 0 Å². The van der Waals surface area contributed by atoms with Gasteiger partial charge in [0.15, 0.2) is 6.61 Å². The van der Waals surface area contributed by atoms with Gasteiger partial charge in [-0.3, -0.25) is 9.59 Å². The van der Waals surface area contributed by atoms with Crippen molar-refractivity contribution in [3.05, 3.63) is 24.3 Å². The van der Waals surface area contributed by atoms with E-state index in [1.54, 1.807) is 0 Å². The van der Waals surface area contributed by atoms with Crippen molar-refractivity contribution in [1.82, 2.24) is 5.32 Å². The number of esters is 1. The molecule has 0 radical (unpaired) electrons. The van der Waals surface area contributed by atoms with E-state index >= 15 is 0 Å². The van der Waals surface area contributed by atoms with E-state index in [0.717, 1.165) is 17.1 Å². The van der Waals surface area contributed by atoms with Gasteiger partial charge in [-0.05, 0) is 56.9 Å². The normalized spacial score (nSPS) is 11.8. The van der Waals surface area contributed by atoms with Gasteiger partial charge in [0.25, 0.3) is 5.91 Å². The molecule has 0 saturated heterocycles. The Bertz CT molecular complexity index is 591. The van der Waals surface area contributed by atoms with Gasteiger partial charge < -0.3 is 14.8 Å². The quantitative estimate of drug-likeness (QED) is 0.516. The van der Waals surface area contributed by atoms with E-state index < -0.39 is 5.97 Å². The minimum Gasteiger partial charge on any atom is -0.494 e. The highest BCUT2D eigenvalue weighted by atomic mass is 32.2. The second-order valence-corrected chi connectivity index (χ2v) is 9.07. The summed E-state index contributed by atoms with van der Waals surface area (Å²) in [5.74, 6) is 0.271. The van der Waals surface area contributed by atoms with Crippen LogP contribution in [0.2, 0.25) is 0 Å². The summed E-state index contributed by atoms with van der Waals surface area (Å²) in [4.78, 5) is 24.8. The molecular formula is C20H31NO4S. The summed E-state index contributed by atoms with van der Waals surface area (Å²) in [5, 5.41) is 2.92. The van der Waals surface area contributed by atoms with Crippen molar-refractivity contribution in [3.8, 4) is 5.75 Å². The number of amides is 1. The number of rotatable bonds is 9. The molecule has 0 aliphatic rings. The summed E-state index contributed by atoms with van der Waals surface area (Å²) < 4.78 is 10.4. The fourth-order valence-electron chi connectivity index (χ4n) is 2.91. The lowest BCUT2D eigenvalue weighted by Crippen LogP contribution is -2.47. The van der Waals surface area contributed by atoms with Crippen LogP contribution in [0.25, 0.3) is 0 Å². The predicted octanol–water partition coefficient (Wildman–Crippen LogP) is 4.05. The van der Waals surface area contributed by atoms with Crippen LogP contribution < -0.4 is 10.1 Å². The van der Waals surface area contributed by atoms with Crippen LogP contribution >= 0.6 is 11.8 Å². The molecule has 0 saturated carbocycles. The first-order valence-corrected chi connectivity index (χ1v) is 9.81. The third-order valence-electron chi connectivity index (χ3n) is 3.31. The van der Waals surface area contributed by atoms with Gasteiger partial charge in [-0.25, -0.2) is 0 Å². The smallest absolute Gasteiger partial charge is 0.316 e. The molecule has 0 atom stereocenters. The lowest BCUT2D eigenvalue weighted by molar-refractivity contribution is -0.146. The Balaban J connectivity index is 2.34. The minimum atomic E-state index is -0.410. The average Bonchev–Trinajstić information content (AvgIpc) is 2.49. The maximum Gasteiger partial charge on any atom is 0.316 e. The Kier molecular flexibility index (Phi) is 8.47. The summed E-state index contributed by atoms with van der Waals surface area (Å²) >= 11 is 1.37. The van der Waals surface area contributed by atoms with Crippen LogP contribution in [-0.4, -0.2) is 36.4 Å². The van der Waals surface area contributed by atoms with Gasteiger partial charge in [-0.1, -0.05) is 20.8 Å². The summed E-state index contributed by atoms with van der Waals surface area (Å²) in [7, 11) is 0. The number of carbonyl (C=O) groups excluding carboxylic acids is 2. The van der Waals surface area contributed by atoms with Crippen LogP contribution in [0, 0.1) is 5.41 Å². The molecule has 1 amide bonds. The van der Waals surface area contributed by atoms with Crippen LogP contribution in [0.4, 0.5) is 0 Å². The fraction of sp³-hybridized carbons (Fsp3) is 0.600. The van der Waals surface area contributed by atoms with Gasteiger partial charge in [0.05, 0.1) is 12.4 Å². The molecule has 5 nitrogen and oxygen atoms in total. The van der Waals surface area contributed by atoms with E-state index in [0.29, 0.717) is 6.61 Å². The third-order valence-corrected chi connectivity index (χ3v) is 4.29. The molecular weight excluding hydrogens is 350 g/mol. The molecule has 0 aliphatic heterocycles. The largest absolute Gasteiger partial charge is 0.494 e. The topological polar surface area (TPSA) is 64.6 Å². The average molecular weight is 382 g/mol. The maximum absolute atomic E-state index is 12.0. The highest BCUT2D eigenvalue weighted by molar-refractivity contribution is 8.00. The van der Waals surface area contributed by atoms with Crippen molar-refractivity contribution >= 4 is 23.6 Å². The summed E-state index contributed by atoms with van der Waals surface area (Å²) in [6.07, 6.45) is 0.827. The van der Waals surface area contributed by atoms with Crippen molar-refractivity contribution in [2.24, 2.45) is 5.41 Å². The summed E-state index contributed by atoms with van der Waals surface area (Å²) in [6.45, 7) is 12.6. The second-order valence-electron chi connectivity index (χ2n) is 8.02. The Morgan fingerprint density at radius 2 is 1.69 bits per heavy atom. The van der Waals surface area contributed by atoms with Crippen LogP contribution in [0.5, 0.6) is 5.75 Å². The molecule has 1 N–H and O–H groups in total. The highest BCUT2D eigenvalue weighted by Crippen LogP contribution is 2.26. The number of hydrogen-bond donors (Lipinski definition) is 1. The van der Waals surface area contributed by atoms with Crippen molar-refractivity contribution in [1.29, 1.82) is 0 Å². The molecule has 0 heterocycles. The molecule has 1 aromatic rings. The van der Waals surface area contributed by atoms with Gasteiger partial charge in [0.2, 0.25) is 0 Å². The zero-order valence-electron chi connectivity index (χ0n) is 16.7. The molecule has 1 aromatic carbocycles. The SMILES string of the molecule is CCOc1ccc(SCC(=O)OCC(=O)NC(C)(C)CC(C)(C)C)cc1. The number of thioether (sulfide) groups is 1. The van der Waals surface area contributed by atoms with Crippen LogP contribution in [0.1, 0.15) is 48.0 Å². The zero-order chi connectivity index (χ0) is 19.8. The molecule has 0 aromatic heterocycles. The van der Waals surface area contributed by atoms with Gasteiger partial charge >= 0.3 is 5.97 Å². The van der Waals surface area contributed by atoms with E-state index in [-0.39, 0.29) is 29.2 Å². The van der Waals surface area contributed by atoms with E-state index in [9.17, 15) is 9.59 Å². The number of carbonyl (C=O) groups is 2. The van der Waals surface area contributed by atoms with E-state index in [1.165, 1.54) is 11.8 Å². The van der Waals surface area contributed by atoms with Crippen LogP contribution in [0.15, 0.2) is 29.2 Å². The van der Waals surface area contributed by atoms with Crippen molar-refractivity contribution in [2.45, 2.75) is 58.4 Å². The molecule has 0 aliphatic carbocycles. The first-order chi connectivity index (χ1) is 12.0. The molecule has 26 heavy (non-hydrogen) atoms. The maximum atomic E-state index is 12.0. The lowest BCUT2D eigenvalue weighted by atomic mass is 9.82. The number of hydrogen-bond acceptors (Lipinski definition) is 5. The zero-order valence-corrected chi connectivity index (χ0v) is 17.5. The second kappa shape index (κ2) is 9.86. The standard InChI is InChI=1S/C20H31NO4S/c1-7-24-15-8-10-16(11-9-15)26-13-18(23)25-12-17(22)21-20(5,6)14-19(2,3)4/h8-11H,7,12-14H2,1-6H3,(H,21,22). The third kappa shape index (κ3) is 9.70. The molecule has 0 bridgehead atoms. The van der Waals surface area contributed by atoms with Crippen molar-refractivity contribution in [2.75, 3.05) is 19.0 Å². The van der Waals surface area contributed by atoms with Gasteiger partial charge in [-0.2, -0.15) is 0 Å². The van der Waals surface area contributed by atoms with Crippen molar-refractivity contribution in [3.63, 3.8) is 0 Å². The van der Waals surface area contributed by atoms with E-state index in [2.05, 4.69) is 26.1 Å². The molecule has 1 rings (SSSR count). The van der Waals surface area contributed by atoms with Gasteiger partial charge in [0, 0.05) is 10.4 Å². The Morgan fingerprint density at radius 3 is 2.23 bits per heavy atom. The lowest BCUT2D eigenvalue weighted by Gasteiger charge is -2.33. The van der Waals surface area contributed by atoms with Crippen LogP contribution in [-0.2, 0) is 14.3 Å². The number of benzene rings is 1. The van der Waals surface area contributed by atoms with Gasteiger partial charge in [-0.15, -0.1) is 11.8 Å². The monoisotopic (exact) mass is 381 g/mol. The minimum absolute atomic E-state index is 0.0990. The number of ether oxygens (including phenoxy) is 2. The molecule has 0 spiro atoms. The Labute approximate surface area is 161 Å². The summed E-state index contributed by atoms with van der Waals surface area (Å²) in [6, 6.07) is 7.51. The highest BCUT2D eigenvalue weighted by Gasteiger charge is 2.27. The fourth-order valence-corrected chi connectivity index (χ4v) is 3.61. The van der Waals surface area contributed by atoms with Crippen molar-refractivity contribution < 1.29 is 19.1 Å². The Hall–Kier alpha value is -1.69. The molecule has 0 fully saturated rings. The van der Waals surface area contributed by atoms with Gasteiger partial charge in [0.1, 0.15) is 5.75 Å². The molecule has 6 heteroatoms. The first kappa shape index (κ1) is 22.4. The van der Waals surface area contributed by atoms with E-state index in [4.69, 9.17) is 9.47 Å². The number of nitrogens with one attached hydrogen (secondary N) is 1. The molecule has 0 unspecified atom stereocenters. The van der Waals surface area contributed by atoms with E-state index in [1.807, 2.05) is 45.0 Å². The molecule has 146 valence electrons. The summed E-state index contributed by atoms with van der Waals surface area (Å²) in [5.41, 5.74) is -0.249.